The molecule has 2 N–H and O–H groups in total. The van der Waals surface area contributed by atoms with Crippen molar-refractivity contribution >= 4 is 6.02 Å². The molecule has 3 aromatic rings. The van der Waals surface area contributed by atoms with Crippen LogP contribution in [-0.4, -0.2) is 22.6 Å². The fourth-order valence-corrected chi connectivity index (χ4v) is 4.11. The van der Waals surface area contributed by atoms with Crippen LogP contribution in [0.3, 0.4) is 0 Å². The second kappa shape index (κ2) is 7.59. The first-order chi connectivity index (χ1) is 15.7. The quantitative estimate of drug-likeness (QED) is 0.434. The van der Waals surface area contributed by atoms with Crippen LogP contribution in [0.15, 0.2) is 53.8 Å². The fourth-order valence-electron chi connectivity index (χ4n) is 4.11. The van der Waals surface area contributed by atoms with Gasteiger partial charge in [0.15, 0.2) is 5.75 Å². The van der Waals surface area contributed by atoms with Crippen LogP contribution in [0, 0.1) is 23.2 Å². The summed E-state index contributed by atoms with van der Waals surface area (Å²) in [7, 11) is 0. The number of benzene rings is 1. The van der Waals surface area contributed by atoms with Crippen LogP contribution in [0.1, 0.15) is 44.0 Å². The van der Waals surface area contributed by atoms with Gasteiger partial charge in [0.2, 0.25) is 5.95 Å². The lowest BCUT2D eigenvalue weighted by atomic mass is 9.77. The van der Waals surface area contributed by atoms with E-state index in [0.29, 0.717) is 41.3 Å². The van der Waals surface area contributed by atoms with Crippen molar-refractivity contribution < 1.29 is 13.9 Å². The fraction of sp³-hybridized carbons (Fsp3) is 0.269. The Labute approximate surface area is 191 Å². The third-order valence-corrected chi connectivity index (χ3v) is 5.61. The molecule has 2 aliphatic rings. The zero-order valence-corrected chi connectivity index (χ0v) is 18.6. The van der Waals surface area contributed by atoms with Crippen LogP contribution < -0.4 is 10.5 Å². The van der Waals surface area contributed by atoms with Crippen LogP contribution in [0.25, 0.3) is 11.1 Å². The Morgan fingerprint density at radius 3 is 2.67 bits per heavy atom. The highest BCUT2D eigenvalue weighted by atomic mass is 19.1. The minimum absolute atomic E-state index is 0.0946. The van der Waals surface area contributed by atoms with Gasteiger partial charge in [0.25, 0.3) is 6.02 Å². The number of halogens is 1. The zero-order valence-electron chi connectivity index (χ0n) is 18.6. The normalized spacial score (nSPS) is 18.7. The Hall–Kier alpha value is -3.92. The number of aromatic nitrogens is 2. The highest BCUT2D eigenvalue weighted by Gasteiger charge is 2.45. The number of rotatable bonds is 1. The Bertz CT molecular complexity index is 1350. The molecule has 2 aromatic heterocycles. The van der Waals surface area contributed by atoms with Crippen LogP contribution >= 0.6 is 0 Å². The molecule has 2 aliphatic heterocycles. The molecule has 33 heavy (non-hydrogen) atoms. The number of hydrogen-bond donors (Lipinski definition) is 1. The summed E-state index contributed by atoms with van der Waals surface area (Å²) in [5.41, 5.74) is 8.30. The van der Waals surface area contributed by atoms with Gasteiger partial charge >= 0.3 is 0 Å². The molecule has 6 nitrogen and oxygen atoms in total. The molecule has 1 aromatic carbocycles. The molecule has 7 heteroatoms. The molecular weight excluding hydrogens is 419 g/mol. The van der Waals surface area contributed by atoms with E-state index in [1.54, 1.807) is 24.4 Å². The number of pyridine rings is 2. The predicted molar refractivity (Wildman–Crippen MR) is 123 cm³/mol. The van der Waals surface area contributed by atoms with Gasteiger partial charge in [-0.2, -0.15) is 4.39 Å². The van der Waals surface area contributed by atoms with Crippen LogP contribution in [0.2, 0.25) is 0 Å². The maximum atomic E-state index is 14.4. The summed E-state index contributed by atoms with van der Waals surface area (Å²) in [4.78, 5) is 13.0. The van der Waals surface area contributed by atoms with Crippen molar-refractivity contribution in [2.45, 2.75) is 32.7 Å². The summed E-state index contributed by atoms with van der Waals surface area (Å²) in [6.07, 6.45) is 3.63. The molecule has 0 fully saturated rings. The molecule has 0 saturated heterocycles. The summed E-state index contributed by atoms with van der Waals surface area (Å²) < 4.78 is 26.1. The number of ether oxygens (including phenoxy) is 2. The Morgan fingerprint density at radius 1 is 1.09 bits per heavy atom. The van der Waals surface area contributed by atoms with Gasteiger partial charge in [0.1, 0.15) is 17.0 Å². The molecule has 0 unspecified atom stereocenters. The van der Waals surface area contributed by atoms with Gasteiger partial charge in [-0.3, -0.25) is 0 Å². The van der Waals surface area contributed by atoms with Gasteiger partial charge < -0.3 is 15.2 Å². The molecule has 0 amide bonds. The molecular formula is C26H23FN4O2. The highest BCUT2D eigenvalue weighted by molar-refractivity contribution is 5.76. The van der Waals surface area contributed by atoms with Crippen molar-refractivity contribution in [3.63, 3.8) is 0 Å². The standard InChI is InChI=1S/C26H23FN4O2/c1-25(2,3)9-8-17-14-20-22(15-30-17)33-21-7-6-16(18-5-4-11-29-23(18)27)13-19(21)26(20)10-12-32-24(28)31-26/h4-7,11,13-15H,10,12H2,1-3H3,(H2,28,31)/t26-/m0/s1. The number of nitrogens with zero attached hydrogens (tertiary/aromatic N) is 3. The Balaban J connectivity index is 1.72. The van der Waals surface area contributed by atoms with Crippen molar-refractivity contribution in [3.05, 3.63) is 71.6 Å². The molecule has 4 heterocycles. The number of nitrogens with two attached hydrogens (primary N) is 1. The van der Waals surface area contributed by atoms with E-state index in [0.717, 1.165) is 11.1 Å². The maximum Gasteiger partial charge on any atom is 0.283 e. The SMILES string of the molecule is CC(C)(C)C#Cc1cc2c(cn1)Oc1ccc(-c3cccnc3F)cc1[C@@]21CCOC(N)=N1. The van der Waals surface area contributed by atoms with E-state index < -0.39 is 11.5 Å². The summed E-state index contributed by atoms with van der Waals surface area (Å²) in [5.74, 6) is 7.03. The molecule has 1 spiro atoms. The summed E-state index contributed by atoms with van der Waals surface area (Å²) in [6.45, 7) is 6.51. The zero-order chi connectivity index (χ0) is 23.2. The minimum Gasteiger partial charge on any atom is -0.465 e. The number of aliphatic imine (C=N–C) groups is 1. The molecule has 5 rings (SSSR count). The minimum atomic E-state index is -0.860. The first-order valence-corrected chi connectivity index (χ1v) is 10.7. The van der Waals surface area contributed by atoms with Gasteiger partial charge in [0.05, 0.1) is 12.8 Å². The van der Waals surface area contributed by atoms with E-state index >= 15 is 0 Å². The molecule has 166 valence electrons. The van der Waals surface area contributed by atoms with Crippen molar-refractivity contribution in [3.8, 4) is 34.5 Å². The molecule has 1 atom stereocenters. The van der Waals surface area contributed by atoms with Gasteiger partial charge in [0, 0.05) is 34.7 Å². The van der Waals surface area contributed by atoms with E-state index in [-0.39, 0.29) is 11.4 Å². The maximum absolute atomic E-state index is 14.4. The molecule has 0 saturated carbocycles. The topological polar surface area (TPSA) is 82.6 Å². The highest BCUT2D eigenvalue weighted by Crippen LogP contribution is 2.52. The Kier molecular flexibility index (Phi) is 4.82. The lowest BCUT2D eigenvalue weighted by molar-refractivity contribution is 0.219. The van der Waals surface area contributed by atoms with E-state index in [1.807, 2.05) is 39.0 Å². The third kappa shape index (κ3) is 3.78. The molecule has 0 radical (unpaired) electrons. The number of fused-ring (bicyclic) bond motifs is 4. The van der Waals surface area contributed by atoms with E-state index in [1.165, 1.54) is 6.20 Å². The lowest BCUT2D eigenvalue weighted by Crippen LogP contribution is -2.38. The first-order valence-electron chi connectivity index (χ1n) is 10.7. The average Bonchev–Trinajstić information content (AvgIpc) is 2.78. The molecule has 0 bridgehead atoms. The monoisotopic (exact) mass is 442 g/mol. The summed E-state index contributed by atoms with van der Waals surface area (Å²) in [6, 6.07) is 10.9. The van der Waals surface area contributed by atoms with Crippen molar-refractivity contribution in [2.24, 2.45) is 16.1 Å². The number of amidine groups is 1. The predicted octanol–water partition coefficient (Wildman–Crippen LogP) is 4.76. The van der Waals surface area contributed by atoms with Crippen LogP contribution in [-0.2, 0) is 10.3 Å². The largest absolute Gasteiger partial charge is 0.465 e. The molecule has 0 aliphatic carbocycles. The first kappa shape index (κ1) is 21.0. The second-order valence-electron chi connectivity index (χ2n) is 9.13. The van der Waals surface area contributed by atoms with Gasteiger partial charge in [-0.25, -0.2) is 15.0 Å². The van der Waals surface area contributed by atoms with Crippen LogP contribution in [0.4, 0.5) is 4.39 Å². The van der Waals surface area contributed by atoms with Gasteiger partial charge in [-0.15, -0.1) is 0 Å². The summed E-state index contributed by atoms with van der Waals surface area (Å²) >= 11 is 0. The van der Waals surface area contributed by atoms with E-state index in [9.17, 15) is 4.39 Å². The lowest BCUT2D eigenvalue weighted by Gasteiger charge is -2.39. The van der Waals surface area contributed by atoms with Crippen molar-refractivity contribution in [1.29, 1.82) is 0 Å². The van der Waals surface area contributed by atoms with E-state index in [4.69, 9.17) is 20.2 Å². The van der Waals surface area contributed by atoms with Gasteiger partial charge in [-0.05, 0) is 62.6 Å². The second-order valence-corrected chi connectivity index (χ2v) is 9.13. The third-order valence-electron chi connectivity index (χ3n) is 5.61. The van der Waals surface area contributed by atoms with Crippen LogP contribution in [0.5, 0.6) is 11.5 Å². The number of hydrogen-bond acceptors (Lipinski definition) is 6. The average molecular weight is 442 g/mol. The van der Waals surface area contributed by atoms with Crippen molar-refractivity contribution in [2.75, 3.05) is 6.61 Å². The van der Waals surface area contributed by atoms with Gasteiger partial charge in [-0.1, -0.05) is 12.0 Å². The van der Waals surface area contributed by atoms with E-state index in [2.05, 4.69) is 21.8 Å². The Morgan fingerprint density at radius 2 is 1.91 bits per heavy atom. The smallest absolute Gasteiger partial charge is 0.283 e. The summed E-state index contributed by atoms with van der Waals surface area (Å²) in [5, 5.41) is 0. The van der Waals surface area contributed by atoms with Crippen molar-refractivity contribution in [1.82, 2.24) is 9.97 Å².